The summed E-state index contributed by atoms with van der Waals surface area (Å²) in [5, 5.41) is 1.39. The molecule has 6 heteroatoms. The molecule has 0 atom stereocenters. The van der Waals surface area contributed by atoms with Gasteiger partial charge in [0.05, 0.1) is 17.7 Å². The van der Waals surface area contributed by atoms with Crippen LogP contribution in [0, 0.1) is 6.92 Å². The first-order valence-electron chi connectivity index (χ1n) is 9.52. The van der Waals surface area contributed by atoms with E-state index in [2.05, 4.69) is 0 Å². The first kappa shape index (κ1) is 18.9. The number of nitrogens with zero attached hydrogens (tertiary/aromatic N) is 2. The molecule has 0 spiro atoms. The number of hydrogen-bond donors (Lipinski definition) is 0. The monoisotopic (exact) mass is 432 g/mol. The van der Waals surface area contributed by atoms with Crippen LogP contribution in [0.2, 0.25) is 5.02 Å². The molecule has 2 heterocycles. The van der Waals surface area contributed by atoms with Crippen molar-refractivity contribution in [2.24, 2.45) is 0 Å². The fourth-order valence-electron chi connectivity index (χ4n) is 3.80. The molecule has 0 aliphatic rings. The van der Waals surface area contributed by atoms with Crippen LogP contribution in [0.3, 0.4) is 0 Å². The van der Waals surface area contributed by atoms with E-state index in [9.17, 15) is 9.59 Å². The lowest BCUT2D eigenvalue weighted by atomic mass is 10.1. The number of halogens is 1. The first-order valence-corrected chi connectivity index (χ1v) is 10.7. The standard InChI is InChI=1S/C24H17ClN2O2S/c1-15-7-2-3-8-16(15)14-26-21-19-11-4-5-12-20(19)30-22(21)23(28)27(24(26)29)18-10-6-9-17(25)13-18/h2-13H,14H2,1H3. The number of benzene rings is 3. The van der Waals surface area contributed by atoms with Crippen molar-refractivity contribution in [1.82, 2.24) is 9.13 Å². The van der Waals surface area contributed by atoms with Crippen LogP contribution in [0.1, 0.15) is 11.1 Å². The van der Waals surface area contributed by atoms with Crippen LogP contribution >= 0.6 is 22.9 Å². The van der Waals surface area contributed by atoms with E-state index >= 15 is 0 Å². The lowest BCUT2D eigenvalue weighted by molar-refractivity contribution is 0.715. The molecule has 0 unspecified atom stereocenters. The zero-order chi connectivity index (χ0) is 20.8. The van der Waals surface area contributed by atoms with Crippen molar-refractivity contribution in [2.45, 2.75) is 13.5 Å². The quantitative estimate of drug-likeness (QED) is 0.384. The Kier molecular flexibility index (Phi) is 4.57. The van der Waals surface area contributed by atoms with Gasteiger partial charge < -0.3 is 0 Å². The van der Waals surface area contributed by atoms with Crippen LogP contribution in [0.4, 0.5) is 0 Å². The number of thiophene rings is 1. The van der Waals surface area contributed by atoms with Crippen molar-refractivity contribution in [3.63, 3.8) is 0 Å². The van der Waals surface area contributed by atoms with Gasteiger partial charge in [0.15, 0.2) is 0 Å². The maximum absolute atomic E-state index is 13.7. The number of hydrogen-bond acceptors (Lipinski definition) is 3. The van der Waals surface area contributed by atoms with Gasteiger partial charge >= 0.3 is 5.69 Å². The van der Waals surface area contributed by atoms with Crippen molar-refractivity contribution in [3.05, 3.63) is 110 Å². The minimum absolute atomic E-state index is 0.320. The Morgan fingerprint density at radius 1 is 0.933 bits per heavy atom. The number of aromatic nitrogens is 2. The molecule has 2 aromatic heterocycles. The predicted molar refractivity (Wildman–Crippen MR) is 124 cm³/mol. The molecule has 0 radical (unpaired) electrons. The summed E-state index contributed by atoms with van der Waals surface area (Å²) in [5.74, 6) is 0. The second-order valence-electron chi connectivity index (χ2n) is 7.19. The molecule has 0 N–H and O–H groups in total. The average Bonchev–Trinajstić information content (AvgIpc) is 3.13. The first-order chi connectivity index (χ1) is 14.5. The number of fused-ring (bicyclic) bond motifs is 3. The van der Waals surface area contributed by atoms with E-state index in [0.29, 0.717) is 27.5 Å². The zero-order valence-electron chi connectivity index (χ0n) is 16.1. The van der Waals surface area contributed by atoms with Gasteiger partial charge in [0, 0.05) is 15.1 Å². The van der Waals surface area contributed by atoms with Gasteiger partial charge in [-0.1, -0.05) is 60.1 Å². The maximum Gasteiger partial charge on any atom is 0.336 e. The molecule has 0 bridgehead atoms. The highest BCUT2D eigenvalue weighted by atomic mass is 35.5. The SMILES string of the molecule is Cc1ccccc1Cn1c(=O)n(-c2cccc(Cl)c2)c(=O)c2sc3ccccc3c21. The minimum Gasteiger partial charge on any atom is -0.287 e. The minimum atomic E-state index is -0.374. The summed E-state index contributed by atoms with van der Waals surface area (Å²) in [7, 11) is 0. The van der Waals surface area contributed by atoms with Gasteiger partial charge in [-0.2, -0.15) is 0 Å². The molecule has 30 heavy (non-hydrogen) atoms. The largest absolute Gasteiger partial charge is 0.336 e. The molecule has 5 rings (SSSR count). The van der Waals surface area contributed by atoms with Gasteiger partial charge in [-0.05, 0) is 42.3 Å². The molecule has 0 saturated carbocycles. The van der Waals surface area contributed by atoms with Gasteiger partial charge in [-0.25, -0.2) is 9.36 Å². The second-order valence-corrected chi connectivity index (χ2v) is 8.68. The van der Waals surface area contributed by atoms with E-state index in [-0.39, 0.29) is 11.2 Å². The fraction of sp³-hybridized carbons (Fsp3) is 0.0833. The predicted octanol–water partition coefficient (Wildman–Crippen LogP) is 5.38. The van der Waals surface area contributed by atoms with E-state index in [1.54, 1.807) is 28.8 Å². The molecular weight excluding hydrogens is 416 g/mol. The van der Waals surface area contributed by atoms with Crippen molar-refractivity contribution >= 4 is 43.2 Å². The average molecular weight is 433 g/mol. The van der Waals surface area contributed by atoms with Gasteiger partial charge in [0.25, 0.3) is 5.56 Å². The third-order valence-corrected chi connectivity index (χ3v) is 6.70. The summed E-state index contributed by atoms with van der Waals surface area (Å²) in [6.07, 6.45) is 0. The highest BCUT2D eigenvalue weighted by molar-refractivity contribution is 7.25. The molecule has 0 amide bonds. The third-order valence-electron chi connectivity index (χ3n) is 5.31. The highest BCUT2D eigenvalue weighted by Crippen LogP contribution is 2.31. The van der Waals surface area contributed by atoms with Gasteiger partial charge in [0.1, 0.15) is 4.70 Å². The third kappa shape index (κ3) is 2.98. The van der Waals surface area contributed by atoms with Gasteiger partial charge in [-0.15, -0.1) is 11.3 Å². The van der Waals surface area contributed by atoms with Crippen LogP contribution in [-0.4, -0.2) is 9.13 Å². The van der Waals surface area contributed by atoms with Crippen LogP contribution in [0.15, 0.2) is 82.4 Å². The highest BCUT2D eigenvalue weighted by Gasteiger charge is 2.19. The van der Waals surface area contributed by atoms with Crippen LogP contribution in [0.25, 0.3) is 26.0 Å². The Hall–Kier alpha value is -3.15. The Balaban J connectivity index is 1.92. The van der Waals surface area contributed by atoms with Gasteiger partial charge in [0.2, 0.25) is 0 Å². The topological polar surface area (TPSA) is 44.0 Å². The summed E-state index contributed by atoms with van der Waals surface area (Å²) in [4.78, 5) is 27.1. The molecule has 3 aromatic carbocycles. The summed E-state index contributed by atoms with van der Waals surface area (Å²) < 4.78 is 4.47. The van der Waals surface area contributed by atoms with E-state index in [1.165, 1.54) is 15.9 Å². The second kappa shape index (κ2) is 7.27. The lowest BCUT2D eigenvalue weighted by Gasteiger charge is -2.14. The Morgan fingerprint density at radius 2 is 1.70 bits per heavy atom. The van der Waals surface area contributed by atoms with E-state index in [4.69, 9.17) is 11.6 Å². The zero-order valence-corrected chi connectivity index (χ0v) is 17.7. The van der Waals surface area contributed by atoms with E-state index in [0.717, 1.165) is 21.2 Å². The van der Waals surface area contributed by atoms with E-state index < -0.39 is 0 Å². The van der Waals surface area contributed by atoms with Crippen LogP contribution < -0.4 is 11.2 Å². The summed E-state index contributed by atoms with van der Waals surface area (Å²) in [6, 6.07) is 22.6. The summed E-state index contributed by atoms with van der Waals surface area (Å²) in [5.41, 5.74) is 2.59. The summed E-state index contributed by atoms with van der Waals surface area (Å²) >= 11 is 7.56. The Bertz CT molecular complexity index is 1540. The molecule has 4 nitrogen and oxygen atoms in total. The number of aryl methyl sites for hydroxylation is 1. The molecule has 0 saturated heterocycles. The maximum atomic E-state index is 13.7. The molecule has 0 aliphatic heterocycles. The molecule has 0 fully saturated rings. The Morgan fingerprint density at radius 3 is 2.50 bits per heavy atom. The molecule has 148 valence electrons. The van der Waals surface area contributed by atoms with Crippen molar-refractivity contribution in [3.8, 4) is 5.69 Å². The van der Waals surface area contributed by atoms with Crippen molar-refractivity contribution < 1.29 is 0 Å². The molecule has 0 aliphatic carbocycles. The molecule has 5 aromatic rings. The van der Waals surface area contributed by atoms with Crippen molar-refractivity contribution in [1.29, 1.82) is 0 Å². The normalized spacial score (nSPS) is 11.4. The smallest absolute Gasteiger partial charge is 0.287 e. The lowest BCUT2D eigenvalue weighted by Crippen LogP contribution is -2.38. The van der Waals surface area contributed by atoms with Crippen LogP contribution in [0.5, 0.6) is 0 Å². The van der Waals surface area contributed by atoms with Crippen molar-refractivity contribution in [2.75, 3.05) is 0 Å². The Labute approximate surface area is 181 Å². The number of rotatable bonds is 3. The van der Waals surface area contributed by atoms with Crippen LogP contribution in [-0.2, 0) is 6.54 Å². The van der Waals surface area contributed by atoms with Gasteiger partial charge in [-0.3, -0.25) is 9.36 Å². The molecular formula is C24H17ClN2O2S. The summed E-state index contributed by atoms with van der Waals surface area (Å²) in [6.45, 7) is 2.40. The van der Waals surface area contributed by atoms with E-state index in [1.807, 2.05) is 55.5 Å². The fourth-order valence-corrected chi connectivity index (χ4v) is 5.12.